The number of carbonyl (C=O) groups excluding carboxylic acids is 1. The Bertz CT molecular complexity index is 1700. The molecule has 0 saturated heterocycles. The molecule has 0 bridgehead atoms. The van der Waals surface area contributed by atoms with Crippen molar-refractivity contribution in [2.45, 2.75) is 39.3 Å². The number of methoxy groups -OCH3 is 1. The van der Waals surface area contributed by atoms with Gasteiger partial charge in [0.25, 0.3) is 5.56 Å². The average molecular weight is 559 g/mol. The van der Waals surface area contributed by atoms with E-state index in [0.717, 1.165) is 24.0 Å². The minimum atomic E-state index is -0.568. The lowest BCUT2D eigenvalue weighted by atomic mass is 10.1. The van der Waals surface area contributed by atoms with Crippen molar-refractivity contribution in [3.05, 3.63) is 98.6 Å². The summed E-state index contributed by atoms with van der Waals surface area (Å²) in [7, 11) is 1.30. The van der Waals surface area contributed by atoms with Crippen molar-refractivity contribution < 1.29 is 14.3 Å². The molecule has 0 aliphatic carbocycles. The van der Waals surface area contributed by atoms with Gasteiger partial charge in [0.15, 0.2) is 0 Å². The van der Waals surface area contributed by atoms with E-state index in [9.17, 15) is 9.59 Å². The topological polar surface area (TPSA) is 125 Å². The zero-order valence-electron chi connectivity index (χ0n) is 22.1. The van der Waals surface area contributed by atoms with Gasteiger partial charge < -0.3 is 9.47 Å². The number of H-pyrrole nitrogens is 1. The Hall–Kier alpha value is -4.57. The summed E-state index contributed by atoms with van der Waals surface area (Å²) in [5.74, 6) is 1.17. The van der Waals surface area contributed by atoms with Crippen LogP contribution in [0, 0.1) is 0 Å². The van der Waals surface area contributed by atoms with Crippen molar-refractivity contribution in [3.63, 3.8) is 0 Å². The molecule has 5 aromatic rings. The molecule has 2 heterocycles. The van der Waals surface area contributed by atoms with Crippen LogP contribution < -0.4 is 10.3 Å². The van der Waals surface area contributed by atoms with Gasteiger partial charge in [0, 0.05) is 17.5 Å². The van der Waals surface area contributed by atoms with Crippen LogP contribution in [0.2, 0.25) is 5.02 Å². The number of hydrogen-bond donors (Lipinski definition) is 1. The fraction of sp³-hybridized carbons (Fsp3) is 0.241. The maximum Gasteiger partial charge on any atom is 0.338 e. The molecule has 204 valence electrons. The summed E-state index contributed by atoms with van der Waals surface area (Å²) < 4.78 is 12.5. The van der Waals surface area contributed by atoms with Gasteiger partial charge in [0.05, 0.1) is 35.1 Å². The van der Waals surface area contributed by atoms with E-state index < -0.39 is 5.97 Å². The highest BCUT2D eigenvalue weighted by atomic mass is 35.5. The molecule has 0 radical (unpaired) electrons. The molecule has 3 aromatic carbocycles. The number of aromatic nitrogens is 6. The zero-order valence-corrected chi connectivity index (χ0v) is 22.8. The number of carbonyl (C=O) groups is 1. The van der Waals surface area contributed by atoms with E-state index in [1.165, 1.54) is 7.11 Å². The molecule has 0 aliphatic heterocycles. The highest BCUT2D eigenvalue weighted by Gasteiger charge is 2.18. The number of unbranched alkanes of at least 4 members (excludes halogenated alkanes) is 1. The molecule has 0 amide bonds. The summed E-state index contributed by atoms with van der Waals surface area (Å²) >= 11 is 6.56. The van der Waals surface area contributed by atoms with Crippen molar-refractivity contribution in [3.8, 4) is 17.1 Å². The fourth-order valence-corrected chi connectivity index (χ4v) is 4.72. The summed E-state index contributed by atoms with van der Waals surface area (Å²) in [5.41, 5.74) is 2.76. The maximum atomic E-state index is 13.7. The number of fused-ring (bicyclic) bond motifs is 1. The molecule has 40 heavy (non-hydrogen) atoms. The summed E-state index contributed by atoms with van der Waals surface area (Å²) in [5, 5.41) is 14.7. The van der Waals surface area contributed by atoms with E-state index in [0.29, 0.717) is 46.5 Å². The third-order valence-corrected chi connectivity index (χ3v) is 6.99. The van der Waals surface area contributed by atoms with Crippen molar-refractivity contribution in [2.24, 2.45) is 0 Å². The third-order valence-electron chi connectivity index (χ3n) is 6.55. The molecule has 1 N–H and O–H groups in total. The van der Waals surface area contributed by atoms with E-state index >= 15 is 0 Å². The summed E-state index contributed by atoms with van der Waals surface area (Å²) in [6.45, 7) is 2.64. The van der Waals surface area contributed by atoms with Gasteiger partial charge >= 0.3 is 5.97 Å². The molecule has 0 unspecified atom stereocenters. The van der Waals surface area contributed by atoms with Crippen LogP contribution in [0.5, 0.6) is 5.75 Å². The minimum Gasteiger partial charge on any atom is -0.489 e. The van der Waals surface area contributed by atoms with Crippen LogP contribution >= 0.6 is 11.6 Å². The van der Waals surface area contributed by atoms with Gasteiger partial charge in [-0.3, -0.25) is 9.36 Å². The first-order chi connectivity index (χ1) is 19.5. The van der Waals surface area contributed by atoms with Gasteiger partial charge in [-0.1, -0.05) is 55.3 Å². The molecule has 2 aromatic heterocycles. The quantitative estimate of drug-likeness (QED) is 0.238. The van der Waals surface area contributed by atoms with E-state index in [-0.39, 0.29) is 23.1 Å². The molecule has 0 atom stereocenters. The van der Waals surface area contributed by atoms with Crippen LogP contribution in [0.25, 0.3) is 22.3 Å². The second-order valence-corrected chi connectivity index (χ2v) is 9.54. The predicted octanol–water partition coefficient (Wildman–Crippen LogP) is 4.99. The molecule has 0 saturated carbocycles. The first kappa shape index (κ1) is 27.0. The normalized spacial score (nSPS) is 11.1. The number of nitrogens with zero attached hydrogens (tertiary/aromatic N) is 5. The number of rotatable bonds is 10. The van der Waals surface area contributed by atoms with E-state index in [1.54, 1.807) is 22.8 Å². The number of esters is 1. The van der Waals surface area contributed by atoms with Gasteiger partial charge in [0.2, 0.25) is 5.82 Å². The van der Waals surface area contributed by atoms with E-state index in [4.69, 9.17) is 26.1 Å². The Morgan fingerprint density at radius 1 is 1.07 bits per heavy atom. The molecule has 0 fully saturated rings. The maximum absolute atomic E-state index is 13.7. The first-order valence-corrected chi connectivity index (χ1v) is 13.2. The molecule has 10 nitrogen and oxygen atoms in total. The van der Waals surface area contributed by atoms with Gasteiger partial charge in [-0.2, -0.15) is 5.21 Å². The lowest BCUT2D eigenvalue weighted by molar-refractivity contribution is 0.0603. The van der Waals surface area contributed by atoms with Crippen LogP contribution in [0.1, 0.15) is 47.1 Å². The van der Waals surface area contributed by atoms with Gasteiger partial charge in [-0.05, 0) is 47.5 Å². The van der Waals surface area contributed by atoms with Crippen LogP contribution in [-0.2, 0) is 24.3 Å². The summed E-state index contributed by atoms with van der Waals surface area (Å²) in [4.78, 5) is 30.8. The highest BCUT2D eigenvalue weighted by molar-refractivity contribution is 6.34. The van der Waals surface area contributed by atoms with Crippen molar-refractivity contribution in [1.29, 1.82) is 0 Å². The number of halogens is 1. The lowest BCUT2D eigenvalue weighted by Gasteiger charge is -2.15. The molecule has 0 spiro atoms. The Kier molecular flexibility index (Phi) is 8.16. The number of tetrazole rings is 1. The smallest absolute Gasteiger partial charge is 0.338 e. The fourth-order valence-electron chi connectivity index (χ4n) is 4.45. The van der Waals surface area contributed by atoms with Crippen molar-refractivity contribution >= 4 is 28.5 Å². The van der Waals surface area contributed by atoms with Crippen molar-refractivity contribution in [1.82, 2.24) is 30.2 Å². The predicted molar refractivity (Wildman–Crippen MR) is 150 cm³/mol. The number of benzene rings is 3. The Morgan fingerprint density at radius 2 is 1.88 bits per heavy atom. The first-order valence-electron chi connectivity index (χ1n) is 12.8. The van der Waals surface area contributed by atoms with Crippen LogP contribution in [-0.4, -0.2) is 43.3 Å². The van der Waals surface area contributed by atoms with Gasteiger partial charge in [-0.15, -0.1) is 10.2 Å². The largest absolute Gasteiger partial charge is 0.489 e. The Balaban J connectivity index is 1.39. The lowest BCUT2D eigenvalue weighted by Crippen LogP contribution is -2.27. The molecule has 0 aliphatic rings. The third kappa shape index (κ3) is 5.57. The Labute approximate surface area is 234 Å². The molecule has 5 rings (SSSR count). The van der Waals surface area contributed by atoms with E-state index in [2.05, 4.69) is 27.5 Å². The summed E-state index contributed by atoms with van der Waals surface area (Å²) in [6.07, 6.45) is 2.50. The molecule has 11 heteroatoms. The van der Waals surface area contributed by atoms with Crippen LogP contribution in [0.15, 0.2) is 65.5 Å². The number of aromatic amines is 1. The summed E-state index contributed by atoms with van der Waals surface area (Å²) in [6, 6.07) is 18.1. The molecular formula is C29H27ClN6O4. The monoisotopic (exact) mass is 558 g/mol. The second-order valence-electron chi connectivity index (χ2n) is 9.16. The zero-order chi connectivity index (χ0) is 28.1. The highest BCUT2D eigenvalue weighted by Crippen LogP contribution is 2.29. The number of hydrogen-bond acceptors (Lipinski definition) is 8. The number of nitrogens with one attached hydrogen (secondary N) is 1. The molecular weight excluding hydrogens is 532 g/mol. The van der Waals surface area contributed by atoms with Crippen molar-refractivity contribution in [2.75, 3.05) is 7.11 Å². The second kappa shape index (κ2) is 12.1. The van der Waals surface area contributed by atoms with E-state index in [1.807, 2.05) is 42.5 Å². The van der Waals surface area contributed by atoms with Gasteiger partial charge in [-0.25, -0.2) is 9.78 Å². The number of aryl methyl sites for hydroxylation is 1. The van der Waals surface area contributed by atoms with Crippen LogP contribution in [0.4, 0.5) is 0 Å². The SMILES string of the molecule is CCCCc1nc2cccc(C(=O)OC)c2c(=O)n1Cc1ccc(OCc2cccc(-c3nn[nH]n3)c2Cl)cc1. The standard InChI is InChI=1S/C29H27ClN6O4/c1-3-4-11-24-31-23-10-6-8-21(29(38)39-2)25(23)28(37)36(24)16-18-12-14-20(15-13-18)40-17-19-7-5-9-22(26(19)30)27-32-34-35-33-27/h5-10,12-15H,3-4,11,16-17H2,1-2H3,(H,32,33,34,35). The average Bonchev–Trinajstić information content (AvgIpc) is 3.52. The number of ether oxygens (including phenoxy) is 2. The van der Waals surface area contributed by atoms with Gasteiger partial charge in [0.1, 0.15) is 18.2 Å². The minimum absolute atomic E-state index is 0.208. The Morgan fingerprint density at radius 3 is 2.60 bits per heavy atom. The van der Waals surface area contributed by atoms with Crippen LogP contribution in [0.3, 0.4) is 0 Å².